The maximum absolute atomic E-state index is 6.08. The fourth-order valence-electron chi connectivity index (χ4n) is 2.58. The standard InChI is InChI=1S/C21H24N4O2S/c1-3-26-17-10-11-19(27-4-2)18(12-17)25-21(22)23-13-16-14-28-20(24-16)15-8-6-5-7-9-15/h5-12,14H,3-4,13H2,1-2H3,(H3,22,23,25). The van der Waals surface area contributed by atoms with E-state index in [0.29, 0.717) is 31.5 Å². The summed E-state index contributed by atoms with van der Waals surface area (Å²) in [6, 6.07) is 15.7. The Bertz CT molecular complexity index is 925. The monoisotopic (exact) mass is 396 g/mol. The molecule has 3 N–H and O–H groups in total. The third-order valence-corrected chi connectivity index (χ3v) is 4.75. The van der Waals surface area contributed by atoms with Crippen LogP contribution in [0.1, 0.15) is 19.5 Å². The van der Waals surface area contributed by atoms with E-state index in [2.05, 4.69) is 15.3 Å². The zero-order valence-electron chi connectivity index (χ0n) is 16.0. The van der Waals surface area contributed by atoms with E-state index in [0.717, 1.165) is 27.7 Å². The summed E-state index contributed by atoms with van der Waals surface area (Å²) in [4.78, 5) is 9.03. The number of ether oxygens (including phenoxy) is 2. The van der Waals surface area contributed by atoms with Crippen molar-refractivity contribution in [3.05, 3.63) is 59.6 Å². The Morgan fingerprint density at radius 2 is 1.89 bits per heavy atom. The van der Waals surface area contributed by atoms with Crippen molar-refractivity contribution in [2.24, 2.45) is 10.7 Å². The summed E-state index contributed by atoms with van der Waals surface area (Å²) in [5.41, 5.74) is 8.77. The van der Waals surface area contributed by atoms with Crippen molar-refractivity contribution < 1.29 is 9.47 Å². The van der Waals surface area contributed by atoms with Gasteiger partial charge in [0, 0.05) is 17.0 Å². The van der Waals surface area contributed by atoms with Gasteiger partial charge < -0.3 is 20.5 Å². The molecule has 0 bridgehead atoms. The minimum absolute atomic E-state index is 0.295. The number of anilines is 1. The van der Waals surface area contributed by atoms with Gasteiger partial charge in [0.15, 0.2) is 5.96 Å². The van der Waals surface area contributed by atoms with Gasteiger partial charge in [-0.3, -0.25) is 0 Å². The highest BCUT2D eigenvalue weighted by molar-refractivity contribution is 7.13. The summed E-state index contributed by atoms with van der Waals surface area (Å²) in [5.74, 6) is 1.74. The number of nitrogens with two attached hydrogens (primary N) is 1. The number of guanidine groups is 1. The Morgan fingerprint density at radius 1 is 1.11 bits per heavy atom. The van der Waals surface area contributed by atoms with Gasteiger partial charge in [-0.05, 0) is 26.0 Å². The van der Waals surface area contributed by atoms with Crippen LogP contribution in [0, 0.1) is 0 Å². The van der Waals surface area contributed by atoms with Crippen LogP contribution >= 0.6 is 11.3 Å². The molecule has 0 radical (unpaired) electrons. The fourth-order valence-corrected chi connectivity index (χ4v) is 3.40. The fraction of sp³-hybridized carbons (Fsp3) is 0.238. The van der Waals surface area contributed by atoms with Crippen molar-refractivity contribution in [2.45, 2.75) is 20.4 Å². The van der Waals surface area contributed by atoms with Gasteiger partial charge in [0.1, 0.15) is 16.5 Å². The van der Waals surface area contributed by atoms with Crippen molar-refractivity contribution in [3.63, 3.8) is 0 Å². The molecule has 0 saturated heterocycles. The number of rotatable bonds is 8. The molecule has 0 aliphatic carbocycles. The number of aliphatic imine (C=N–C) groups is 1. The largest absolute Gasteiger partial charge is 0.494 e. The Hall–Kier alpha value is -3.06. The van der Waals surface area contributed by atoms with Crippen molar-refractivity contribution in [1.82, 2.24) is 4.98 Å². The molecule has 1 aromatic heterocycles. The molecule has 28 heavy (non-hydrogen) atoms. The van der Waals surface area contributed by atoms with E-state index >= 15 is 0 Å². The SMILES string of the molecule is CCOc1ccc(OCC)c(NC(N)=NCc2csc(-c3ccccc3)n2)c1. The molecule has 0 unspecified atom stereocenters. The number of aromatic nitrogens is 1. The quantitative estimate of drug-likeness (QED) is 0.432. The van der Waals surface area contributed by atoms with Crippen molar-refractivity contribution in [3.8, 4) is 22.1 Å². The molecule has 0 aliphatic rings. The summed E-state index contributed by atoms with van der Waals surface area (Å²) in [6.45, 7) is 5.42. The molecule has 6 nitrogen and oxygen atoms in total. The lowest BCUT2D eigenvalue weighted by Crippen LogP contribution is -2.23. The molecule has 0 saturated carbocycles. The molecule has 2 aromatic carbocycles. The van der Waals surface area contributed by atoms with Gasteiger partial charge in [-0.1, -0.05) is 30.3 Å². The first kappa shape index (κ1) is 19.7. The molecule has 0 atom stereocenters. The van der Waals surface area contributed by atoms with Crippen LogP contribution < -0.4 is 20.5 Å². The number of hydrogen-bond donors (Lipinski definition) is 2. The predicted molar refractivity (Wildman–Crippen MR) is 115 cm³/mol. The molecular weight excluding hydrogens is 372 g/mol. The maximum Gasteiger partial charge on any atom is 0.193 e. The second kappa shape index (κ2) is 9.75. The average Bonchev–Trinajstić information content (AvgIpc) is 3.19. The number of thiazole rings is 1. The zero-order valence-corrected chi connectivity index (χ0v) is 16.8. The summed E-state index contributed by atoms with van der Waals surface area (Å²) in [7, 11) is 0. The minimum Gasteiger partial charge on any atom is -0.494 e. The van der Waals surface area contributed by atoms with Gasteiger partial charge in [-0.25, -0.2) is 9.98 Å². The van der Waals surface area contributed by atoms with Gasteiger partial charge in [-0.2, -0.15) is 0 Å². The number of nitrogens with zero attached hydrogens (tertiary/aromatic N) is 2. The van der Waals surface area contributed by atoms with Gasteiger partial charge in [-0.15, -0.1) is 11.3 Å². The summed E-state index contributed by atoms with van der Waals surface area (Å²) in [5, 5.41) is 6.07. The van der Waals surface area contributed by atoms with Crippen LogP contribution in [0.3, 0.4) is 0 Å². The lowest BCUT2D eigenvalue weighted by molar-refractivity contribution is 0.332. The summed E-state index contributed by atoms with van der Waals surface area (Å²) >= 11 is 1.60. The molecule has 0 fully saturated rings. The van der Waals surface area contributed by atoms with E-state index in [1.54, 1.807) is 11.3 Å². The molecule has 7 heteroatoms. The third-order valence-electron chi connectivity index (χ3n) is 3.81. The van der Waals surface area contributed by atoms with Crippen LogP contribution in [-0.2, 0) is 6.54 Å². The first-order chi connectivity index (χ1) is 13.7. The number of hydrogen-bond acceptors (Lipinski definition) is 5. The van der Waals surface area contributed by atoms with Gasteiger partial charge in [0.25, 0.3) is 0 Å². The molecular formula is C21H24N4O2S. The lowest BCUT2D eigenvalue weighted by Gasteiger charge is -2.13. The van der Waals surface area contributed by atoms with E-state index in [9.17, 15) is 0 Å². The normalized spacial score (nSPS) is 11.3. The molecule has 3 rings (SSSR count). The Morgan fingerprint density at radius 3 is 2.64 bits per heavy atom. The Kier molecular flexibility index (Phi) is 6.86. The van der Waals surface area contributed by atoms with E-state index in [1.165, 1.54) is 0 Å². The lowest BCUT2D eigenvalue weighted by atomic mass is 10.2. The van der Waals surface area contributed by atoms with E-state index in [1.807, 2.05) is 67.8 Å². The Labute approximate surface area is 169 Å². The number of benzene rings is 2. The van der Waals surface area contributed by atoms with Crippen LogP contribution in [0.4, 0.5) is 5.69 Å². The highest BCUT2D eigenvalue weighted by Crippen LogP contribution is 2.29. The maximum atomic E-state index is 6.08. The van der Waals surface area contributed by atoms with Crippen LogP contribution in [0.15, 0.2) is 58.9 Å². The van der Waals surface area contributed by atoms with Gasteiger partial charge >= 0.3 is 0 Å². The molecule has 0 amide bonds. The molecule has 1 heterocycles. The van der Waals surface area contributed by atoms with E-state index < -0.39 is 0 Å². The van der Waals surface area contributed by atoms with Gasteiger partial charge in [0.2, 0.25) is 0 Å². The molecule has 3 aromatic rings. The summed E-state index contributed by atoms with van der Waals surface area (Å²) in [6.07, 6.45) is 0. The van der Waals surface area contributed by atoms with Crippen molar-refractivity contribution in [2.75, 3.05) is 18.5 Å². The number of nitrogens with one attached hydrogen (secondary N) is 1. The highest BCUT2D eigenvalue weighted by atomic mass is 32.1. The first-order valence-corrected chi connectivity index (χ1v) is 10.0. The third kappa shape index (κ3) is 5.23. The summed E-state index contributed by atoms with van der Waals surface area (Å²) < 4.78 is 11.2. The van der Waals surface area contributed by atoms with Crippen LogP contribution in [0.25, 0.3) is 10.6 Å². The second-order valence-electron chi connectivity index (χ2n) is 5.86. The van der Waals surface area contributed by atoms with Crippen molar-refractivity contribution >= 4 is 23.0 Å². The smallest absolute Gasteiger partial charge is 0.193 e. The van der Waals surface area contributed by atoms with Crippen LogP contribution in [0.5, 0.6) is 11.5 Å². The molecule has 0 aliphatic heterocycles. The Balaban J connectivity index is 1.69. The zero-order chi connectivity index (χ0) is 19.8. The first-order valence-electron chi connectivity index (χ1n) is 9.16. The minimum atomic E-state index is 0.295. The second-order valence-corrected chi connectivity index (χ2v) is 6.72. The van der Waals surface area contributed by atoms with Crippen LogP contribution in [0.2, 0.25) is 0 Å². The predicted octanol–water partition coefficient (Wildman–Crippen LogP) is 4.53. The van der Waals surface area contributed by atoms with E-state index in [-0.39, 0.29) is 0 Å². The molecule has 146 valence electrons. The van der Waals surface area contributed by atoms with Crippen molar-refractivity contribution in [1.29, 1.82) is 0 Å². The van der Waals surface area contributed by atoms with Gasteiger partial charge in [0.05, 0.1) is 31.1 Å². The topological polar surface area (TPSA) is 81.8 Å². The highest BCUT2D eigenvalue weighted by Gasteiger charge is 2.08. The van der Waals surface area contributed by atoms with Crippen LogP contribution in [-0.4, -0.2) is 24.2 Å². The van der Waals surface area contributed by atoms with E-state index in [4.69, 9.17) is 15.2 Å². The average molecular weight is 397 g/mol. The molecule has 0 spiro atoms.